The average molecular weight is 203 g/mol. The van der Waals surface area contributed by atoms with Crippen molar-refractivity contribution in [3.8, 4) is 0 Å². The van der Waals surface area contributed by atoms with Gasteiger partial charge in [-0.05, 0) is 12.8 Å². The molecule has 72 valence electrons. The zero-order valence-corrected chi connectivity index (χ0v) is 8.76. The Morgan fingerprint density at radius 2 is 2.00 bits per heavy atom. The van der Waals surface area contributed by atoms with Gasteiger partial charge in [0.2, 0.25) is 0 Å². The van der Waals surface area contributed by atoms with Crippen molar-refractivity contribution in [3.63, 3.8) is 0 Å². The molecule has 14 heavy (non-hydrogen) atoms. The van der Waals surface area contributed by atoms with Gasteiger partial charge in [0.25, 0.3) is 0 Å². The van der Waals surface area contributed by atoms with Crippen LogP contribution in [0.4, 0.5) is 0 Å². The van der Waals surface area contributed by atoms with Gasteiger partial charge in [-0.3, -0.25) is 0 Å². The van der Waals surface area contributed by atoms with Crippen LogP contribution >= 0.6 is 11.8 Å². The fourth-order valence-electron chi connectivity index (χ4n) is 2.05. The maximum atomic E-state index is 3.59. The van der Waals surface area contributed by atoms with E-state index in [4.69, 9.17) is 0 Å². The summed E-state index contributed by atoms with van der Waals surface area (Å²) in [5.41, 5.74) is 1.35. The van der Waals surface area contributed by atoms with Crippen LogP contribution in [0.5, 0.6) is 0 Å². The highest BCUT2D eigenvalue weighted by Crippen LogP contribution is 2.38. The normalized spacial score (nSPS) is 33.7. The maximum Gasteiger partial charge on any atom is 0.0605 e. The highest BCUT2D eigenvalue weighted by atomic mass is 32.2. The fourth-order valence-corrected chi connectivity index (χ4v) is 3.30. The Hall–Kier alpha value is -0.890. The molecule has 1 heterocycles. The van der Waals surface area contributed by atoms with Gasteiger partial charge >= 0.3 is 0 Å². The second-order valence-electron chi connectivity index (χ2n) is 3.79. The Labute approximate surface area is 88.7 Å². The molecule has 0 amide bonds. The second-order valence-corrected chi connectivity index (χ2v) is 5.01. The van der Waals surface area contributed by atoms with Gasteiger partial charge in [-0.1, -0.05) is 36.5 Å². The third-order valence-corrected chi connectivity index (χ3v) is 4.14. The maximum absolute atomic E-state index is 3.59. The lowest BCUT2D eigenvalue weighted by Crippen LogP contribution is -2.40. The number of rotatable bonds is 0. The molecule has 0 spiro atoms. The van der Waals surface area contributed by atoms with E-state index in [-0.39, 0.29) is 0 Å². The van der Waals surface area contributed by atoms with Gasteiger partial charge in [-0.2, -0.15) is 0 Å². The third kappa shape index (κ3) is 1.34. The van der Waals surface area contributed by atoms with E-state index in [1.807, 2.05) is 11.8 Å². The monoisotopic (exact) mass is 203 g/mol. The highest BCUT2D eigenvalue weighted by molar-refractivity contribution is 8.04. The number of hydrogen-bond acceptors (Lipinski definition) is 2. The molecule has 0 aromatic carbocycles. The molecule has 1 fully saturated rings. The Kier molecular flexibility index (Phi) is 2.02. The van der Waals surface area contributed by atoms with Gasteiger partial charge in [0, 0.05) is 10.6 Å². The molecule has 2 aliphatic carbocycles. The minimum Gasteiger partial charge on any atom is -0.377 e. The van der Waals surface area contributed by atoms with E-state index in [1.165, 1.54) is 23.4 Å². The first-order chi connectivity index (χ1) is 6.93. The molecule has 1 nitrogen and oxygen atoms in total. The lowest BCUT2D eigenvalue weighted by Gasteiger charge is -2.35. The van der Waals surface area contributed by atoms with Crippen molar-refractivity contribution in [1.82, 2.24) is 5.32 Å². The summed E-state index contributed by atoms with van der Waals surface area (Å²) in [6.45, 7) is 0. The lowest BCUT2D eigenvalue weighted by molar-refractivity contribution is 0.674. The van der Waals surface area contributed by atoms with Crippen LogP contribution in [0.3, 0.4) is 0 Å². The zero-order valence-electron chi connectivity index (χ0n) is 7.94. The van der Waals surface area contributed by atoms with E-state index in [2.05, 4.69) is 41.8 Å². The highest BCUT2D eigenvalue weighted by Gasteiger charge is 2.28. The van der Waals surface area contributed by atoms with Crippen LogP contribution in [0.2, 0.25) is 0 Å². The van der Waals surface area contributed by atoms with Crippen molar-refractivity contribution in [2.45, 2.75) is 24.1 Å². The molecule has 0 aromatic heterocycles. The van der Waals surface area contributed by atoms with Crippen LogP contribution < -0.4 is 5.32 Å². The SMILES string of the molecule is C1=CC2NC3=CCCC=C3SC2C=C1. The quantitative estimate of drug-likeness (QED) is 0.649. The van der Waals surface area contributed by atoms with Crippen molar-refractivity contribution in [2.75, 3.05) is 0 Å². The molecule has 3 rings (SSSR count). The summed E-state index contributed by atoms with van der Waals surface area (Å²) in [6, 6.07) is 0.492. The first kappa shape index (κ1) is 8.42. The molecule has 3 aliphatic rings. The number of fused-ring (bicyclic) bond motifs is 2. The van der Waals surface area contributed by atoms with Crippen molar-refractivity contribution in [3.05, 3.63) is 47.1 Å². The Balaban J connectivity index is 1.90. The van der Waals surface area contributed by atoms with Crippen LogP contribution in [0.25, 0.3) is 0 Å². The molecule has 0 saturated carbocycles. The molecule has 1 saturated heterocycles. The number of hydrogen-bond donors (Lipinski definition) is 1. The second kappa shape index (κ2) is 3.35. The van der Waals surface area contributed by atoms with E-state index in [0.717, 1.165) is 0 Å². The van der Waals surface area contributed by atoms with Crippen LogP contribution in [0.1, 0.15) is 12.8 Å². The van der Waals surface area contributed by atoms with E-state index < -0.39 is 0 Å². The molecule has 1 aliphatic heterocycles. The zero-order chi connectivity index (χ0) is 9.38. The Bertz CT molecular complexity index is 327. The number of nitrogens with one attached hydrogen (secondary N) is 1. The van der Waals surface area contributed by atoms with Crippen molar-refractivity contribution >= 4 is 11.8 Å². The van der Waals surface area contributed by atoms with Gasteiger partial charge in [-0.25, -0.2) is 0 Å². The summed E-state index contributed by atoms with van der Waals surface area (Å²) in [5.74, 6) is 0. The van der Waals surface area contributed by atoms with Gasteiger partial charge in [0.1, 0.15) is 0 Å². The summed E-state index contributed by atoms with van der Waals surface area (Å²) in [4.78, 5) is 1.44. The van der Waals surface area contributed by atoms with Crippen LogP contribution in [-0.2, 0) is 0 Å². The summed E-state index contributed by atoms with van der Waals surface area (Å²) < 4.78 is 0. The number of allylic oxidation sites excluding steroid dienone is 4. The minimum atomic E-state index is 0.492. The molecule has 2 heteroatoms. The van der Waals surface area contributed by atoms with E-state index >= 15 is 0 Å². The first-order valence-electron chi connectivity index (χ1n) is 5.12. The molecular formula is C12H13NS. The minimum absolute atomic E-state index is 0.492. The summed E-state index contributed by atoms with van der Waals surface area (Å²) >= 11 is 1.99. The molecule has 0 aromatic rings. The average Bonchev–Trinajstić information content (AvgIpc) is 2.26. The molecule has 2 unspecified atom stereocenters. The van der Waals surface area contributed by atoms with E-state index in [9.17, 15) is 0 Å². The van der Waals surface area contributed by atoms with Crippen molar-refractivity contribution in [2.24, 2.45) is 0 Å². The van der Waals surface area contributed by atoms with Crippen molar-refractivity contribution in [1.29, 1.82) is 0 Å². The third-order valence-electron chi connectivity index (χ3n) is 2.78. The van der Waals surface area contributed by atoms with Gasteiger partial charge in [0.15, 0.2) is 0 Å². The Morgan fingerprint density at radius 3 is 3.00 bits per heavy atom. The van der Waals surface area contributed by atoms with Crippen molar-refractivity contribution < 1.29 is 0 Å². The van der Waals surface area contributed by atoms with Crippen LogP contribution in [0.15, 0.2) is 47.1 Å². The molecular weight excluding hydrogens is 190 g/mol. The topological polar surface area (TPSA) is 12.0 Å². The van der Waals surface area contributed by atoms with Crippen LogP contribution in [-0.4, -0.2) is 11.3 Å². The van der Waals surface area contributed by atoms with Gasteiger partial charge < -0.3 is 5.32 Å². The van der Waals surface area contributed by atoms with Gasteiger partial charge in [-0.15, -0.1) is 11.8 Å². The largest absolute Gasteiger partial charge is 0.377 e. The predicted octanol–water partition coefficient (Wildman–Crippen LogP) is 2.75. The number of thioether (sulfide) groups is 1. The fraction of sp³-hybridized carbons (Fsp3) is 0.333. The molecule has 0 radical (unpaired) electrons. The lowest BCUT2D eigenvalue weighted by atomic mass is 10.1. The predicted molar refractivity (Wildman–Crippen MR) is 62.0 cm³/mol. The first-order valence-corrected chi connectivity index (χ1v) is 6.00. The smallest absolute Gasteiger partial charge is 0.0605 e. The van der Waals surface area contributed by atoms with E-state index in [1.54, 1.807) is 0 Å². The summed E-state index contributed by atoms with van der Waals surface area (Å²) in [6.07, 6.45) is 15.9. The standard InChI is InChI=1S/C12H13NS/c1-3-7-11-9(5-1)13-10-6-2-4-8-12(10)14-11/h1,3,5-9,11,13H,2,4H2. The summed E-state index contributed by atoms with van der Waals surface area (Å²) in [7, 11) is 0. The summed E-state index contributed by atoms with van der Waals surface area (Å²) in [5, 5.41) is 4.18. The van der Waals surface area contributed by atoms with Crippen LogP contribution in [0, 0.1) is 0 Å². The van der Waals surface area contributed by atoms with Gasteiger partial charge in [0.05, 0.1) is 11.3 Å². The van der Waals surface area contributed by atoms with E-state index in [0.29, 0.717) is 11.3 Å². The Morgan fingerprint density at radius 1 is 1.14 bits per heavy atom. The molecule has 0 bridgehead atoms. The molecule has 1 N–H and O–H groups in total. The molecule has 2 atom stereocenters.